The summed E-state index contributed by atoms with van der Waals surface area (Å²) in [5, 5.41) is 19.1. The molecule has 0 radical (unpaired) electrons. The van der Waals surface area contributed by atoms with E-state index in [0.717, 1.165) is 11.4 Å². The van der Waals surface area contributed by atoms with Crippen LogP contribution in [0.4, 0.5) is 9.93 Å². The molecule has 2 rings (SSSR count). The van der Waals surface area contributed by atoms with E-state index in [9.17, 15) is 4.79 Å². The second-order valence-electron chi connectivity index (χ2n) is 5.77. The molecule has 0 aliphatic carbocycles. The Morgan fingerprint density at radius 3 is 2.86 bits per heavy atom. The Bertz CT molecular complexity index is 608. The lowest BCUT2D eigenvalue weighted by molar-refractivity contribution is 0.247. The second-order valence-corrected chi connectivity index (χ2v) is 6.74. The molecule has 2 aromatic heterocycles. The Balaban J connectivity index is 1.87. The zero-order valence-corrected chi connectivity index (χ0v) is 14.0. The fourth-order valence-corrected chi connectivity index (χ4v) is 2.62. The molecule has 0 spiro atoms. The number of amides is 2. The Labute approximate surface area is 133 Å². The highest BCUT2D eigenvalue weighted by molar-refractivity contribution is 7.15. The van der Waals surface area contributed by atoms with E-state index in [1.165, 1.54) is 17.7 Å². The smallest absolute Gasteiger partial charge is 0.321 e. The summed E-state index contributed by atoms with van der Waals surface area (Å²) in [6.45, 7) is 8.77. The van der Waals surface area contributed by atoms with Crippen LogP contribution in [0.15, 0.2) is 12.7 Å². The van der Waals surface area contributed by atoms with Crippen LogP contribution in [0.2, 0.25) is 0 Å². The van der Waals surface area contributed by atoms with Crippen LogP contribution in [0.3, 0.4) is 0 Å². The zero-order chi connectivity index (χ0) is 16.2. The van der Waals surface area contributed by atoms with Crippen molar-refractivity contribution in [1.82, 2.24) is 30.3 Å². The maximum atomic E-state index is 12.0. The van der Waals surface area contributed by atoms with Crippen LogP contribution >= 0.6 is 11.3 Å². The van der Waals surface area contributed by atoms with E-state index >= 15 is 0 Å². The standard InChI is InChI=1S/C13H21N7OS/c1-5-13(3,4)10-18-19-12(22-10)17-11(21)16-9(2)6-20-8-14-7-15-20/h7-9H,5-6H2,1-4H3,(H2,16,17,19,21)/t9-/m1/s1. The fourth-order valence-electron chi connectivity index (χ4n) is 1.71. The number of nitrogens with one attached hydrogen (secondary N) is 2. The molecule has 2 aromatic rings. The highest BCUT2D eigenvalue weighted by Crippen LogP contribution is 2.30. The summed E-state index contributed by atoms with van der Waals surface area (Å²) in [6.07, 6.45) is 4.04. The lowest BCUT2D eigenvalue weighted by Gasteiger charge is -2.17. The number of nitrogens with zero attached hydrogens (tertiary/aromatic N) is 5. The molecule has 2 amide bonds. The van der Waals surface area contributed by atoms with E-state index in [-0.39, 0.29) is 17.5 Å². The first kappa shape index (κ1) is 16.3. The van der Waals surface area contributed by atoms with Gasteiger partial charge in [0.1, 0.15) is 17.7 Å². The third kappa shape index (κ3) is 4.23. The van der Waals surface area contributed by atoms with Gasteiger partial charge in [0.2, 0.25) is 5.13 Å². The molecule has 9 heteroatoms. The summed E-state index contributed by atoms with van der Waals surface area (Å²) in [7, 11) is 0. The number of aromatic nitrogens is 5. The topological polar surface area (TPSA) is 97.6 Å². The van der Waals surface area contributed by atoms with Gasteiger partial charge in [-0.3, -0.25) is 10.00 Å². The summed E-state index contributed by atoms with van der Waals surface area (Å²) in [6, 6.07) is -0.384. The van der Waals surface area contributed by atoms with Crippen molar-refractivity contribution in [3.05, 3.63) is 17.7 Å². The highest BCUT2D eigenvalue weighted by atomic mass is 32.1. The maximum absolute atomic E-state index is 12.0. The summed E-state index contributed by atoms with van der Waals surface area (Å²) in [4.78, 5) is 15.8. The number of rotatable bonds is 6. The van der Waals surface area contributed by atoms with Crippen LogP contribution < -0.4 is 10.6 Å². The van der Waals surface area contributed by atoms with E-state index in [2.05, 4.69) is 51.7 Å². The Morgan fingerprint density at radius 1 is 1.45 bits per heavy atom. The van der Waals surface area contributed by atoms with E-state index < -0.39 is 0 Å². The monoisotopic (exact) mass is 323 g/mol. The van der Waals surface area contributed by atoms with Gasteiger partial charge >= 0.3 is 6.03 Å². The van der Waals surface area contributed by atoms with Crippen molar-refractivity contribution in [3.63, 3.8) is 0 Å². The fraction of sp³-hybridized carbons (Fsp3) is 0.615. The summed E-state index contributed by atoms with van der Waals surface area (Å²) < 4.78 is 1.66. The van der Waals surface area contributed by atoms with Gasteiger partial charge in [0.05, 0.1) is 6.54 Å². The average Bonchev–Trinajstić information content (AvgIpc) is 3.10. The minimum atomic E-state index is -0.301. The second kappa shape index (κ2) is 6.82. The molecule has 0 fully saturated rings. The van der Waals surface area contributed by atoms with E-state index in [1.807, 2.05) is 6.92 Å². The van der Waals surface area contributed by atoms with Crippen molar-refractivity contribution in [2.75, 3.05) is 5.32 Å². The Hall–Kier alpha value is -2.03. The van der Waals surface area contributed by atoms with E-state index in [4.69, 9.17) is 0 Å². The van der Waals surface area contributed by atoms with Crippen molar-refractivity contribution in [1.29, 1.82) is 0 Å². The van der Waals surface area contributed by atoms with E-state index in [0.29, 0.717) is 11.7 Å². The molecular formula is C13H21N7OS. The molecule has 0 bridgehead atoms. The van der Waals surface area contributed by atoms with Crippen LogP contribution in [0.25, 0.3) is 0 Å². The van der Waals surface area contributed by atoms with Crippen LogP contribution in [0, 0.1) is 0 Å². The molecular weight excluding hydrogens is 302 g/mol. The highest BCUT2D eigenvalue weighted by Gasteiger charge is 2.23. The van der Waals surface area contributed by atoms with Gasteiger partial charge in [0.25, 0.3) is 0 Å². The first-order valence-corrected chi connectivity index (χ1v) is 7.96. The average molecular weight is 323 g/mol. The number of carbonyl (C=O) groups is 1. The number of urea groups is 1. The molecule has 1 atom stereocenters. The minimum absolute atomic E-state index is 0.0333. The van der Waals surface area contributed by atoms with Crippen LogP contribution in [0.5, 0.6) is 0 Å². The van der Waals surface area contributed by atoms with E-state index in [1.54, 1.807) is 11.0 Å². The predicted molar refractivity (Wildman–Crippen MR) is 84.9 cm³/mol. The van der Waals surface area contributed by atoms with Gasteiger partial charge < -0.3 is 5.32 Å². The zero-order valence-electron chi connectivity index (χ0n) is 13.2. The molecule has 2 N–H and O–H groups in total. The molecule has 120 valence electrons. The van der Waals surface area contributed by atoms with Gasteiger partial charge in [0, 0.05) is 11.5 Å². The number of hydrogen-bond donors (Lipinski definition) is 2. The molecule has 2 heterocycles. The molecule has 0 aliphatic heterocycles. The quantitative estimate of drug-likeness (QED) is 0.847. The first-order chi connectivity index (χ1) is 10.4. The number of anilines is 1. The lowest BCUT2D eigenvalue weighted by atomic mass is 9.91. The van der Waals surface area contributed by atoms with Gasteiger partial charge in [0.15, 0.2) is 0 Å². The van der Waals surface area contributed by atoms with Crippen LogP contribution in [-0.4, -0.2) is 37.0 Å². The maximum Gasteiger partial charge on any atom is 0.321 e. The van der Waals surface area contributed by atoms with Gasteiger partial charge in [-0.1, -0.05) is 32.1 Å². The first-order valence-electron chi connectivity index (χ1n) is 7.14. The van der Waals surface area contributed by atoms with Gasteiger partial charge in [-0.15, -0.1) is 10.2 Å². The van der Waals surface area contributed by atoms with Crippen molar-refractivity contribution in [2.24, 2.45) is 0 Å². The van der Waals surface area contributed by atoms with Gasteiger partial charge in [-0.05, 0) is 13.3 Å². The predicted octanol–water partition coefficient (Wildman–Crippen LogP) is 2.03. The summed E-state index contributed by atoms with van der Waals surface area (Å²) in [5.74, 6) is 0. The SMILES string of the molecule is CCC(C)(C)c1nnc(NC(=O)N[C@H](C)Cn2cncn2)s1. The van der Waals surface area contributed by atoms with Crippen LogP contribution in [-0.2, 0) is 12.0 Å². The largest absolute Gasteiger partial charge is 0.333 e. The molecule has 22 heavy (non-hydrogen) atoms. The van der Waals surface area contributed by atoms with Crippen molar-refractivity contribution in [2.45, 2.75) is 52.1 Å². The molecule has 0 saturated carbocycles. The van der Waals surface area contributed by atoms with Crippen molar-refractivity contribution >= 4 is 22.5 Å². The normalized spacial score (nSPS) is 12.9. The minimum Gasteiger partial charge on any atom is -0.333 e. The number of hydrogen-bond acceptors (Lipinski definition) is 6. The Kier molecular flexibility index (Phi) is 5.07. The lowest BCUT2D eigenvalue weighted by Crippen LogP contribution is -2.38. The van der Waals surface area contributed by atoms with Crippen LogP contribution in [0.1, 0.15) is 39.1 Å². The van der Waals surface area contributed by atoms with Crippen molar-refractivity contribution < 1.29 is 4.79 Å². The summed E-state index contributed by atoms with van der Waals surface area (Å²) in [5.41, 5.74) is -0.0333. The third-order valence-corrected chi connectivity index (χ3v) is 4.62. The Morgan fingerprint density at radius 2 is 2.23 bits per heavy atom. The number of carbonyl (C=O) groups excluding carboxylic acids is 1. The van der Waals surface area contributed by atoms with Gasteiger partial charge in [-0.25, -0.2) is 9.78 Å². The van der Waals surface area contributed by atoms with Gasteiger partial charge in [-0.2, -0.15) is 5.10 Å². The molecule has 0 saturated heterocycles. The summed E-state index contributed by atoms with van der Waals surface area (Å²) >= 11 is 1.40. The molecule has 0 aromatic carbocycles. The molecule has 0 unspecified atom stereocenters. The molecule has 0 aliphatic rings. The third-order valence-electron chi connectivity index (χ3n) is 3.41. The van der Waals surface area contributed by atoms with Crippen molar-refractivity contribution in [3.8, 4) is 0 Å². The molecule has 8 nitrogen and oxygen atoms in total.